The molecule has 2 amide bonds. The van der Waals surface area contributed by atoms with E-state index in [1.807, 2.05) is 28.7 Å². The second-order valence-electron chi connectivity index (χ2n) is 6.82. The van der Waals surface area contributed by atoms with Crippen LogP contribution in [0.5, 0.6) is 0 Å². The van der Waals surface area contributed by atoms with E-state index in [4.69, 9.17) is 4.74 Å². The molecule has 0 bridgehead atoms. The number of fused-ring (bicyclic) bond motifs is 2. The Morgan fingerprint density at radius 2 is 2.24 bits per heavy atom. The Morgan fingerprint density at radius 3 is 3.03 bits per heavy atom. The van der Waals surface area contributed by atoms with Crippen molar-refractivity contribution in [3.05, 3.63) is 51.5 Å². The van der Waals surface area contributed by atoms with Crippen molar-refractivity contribution in [2.75, 3.05) is 18.4 Å². The zero-order valence-corrected chi connectivity index (χ0v) is 17.8. The maximum absolute atomic E-state index is 14.4. The van der Waals surface area contributed by atoms with Gasteiger partial charge in [0.05, 0.1) is 23.8 Å². The summed E-state index contributed by atoms with van der Waals surface area (Å²) in [5, 5.41) is 7.03. The predicted octanol–water partition coefficient (Wildman–Crippen LogP) is 3.72. The number of ether oxygens (including phenoxy) is 1. The average Bonchev–Trinajstić information content (AvgIpc) is 3.33. The number of carbonyl (C=O) groups is 2. The smallest absolute Gasteiger partial charge is 0.407 e. The number of rotatable bonds is 3. The summed E-state index contributed by atoms with van der Waals surface area (Å²) in [4.78, 5) is 31.4. The lowest BCUT2D eigenvalue weighted by Gasteiger charge is -2.18. The van der Waals surface area contributed by atoms with E-state index in [-0.39, 0.29) is 18.1 Å². The molecule has 5 rings (SSSR count). The molecule has 2 N–H and O–H groups in total. The molecule has 10 heteroatoms. The molecule has 29 heavy (non-hydrogen) atoms. The third kappa shape index (κ3) is 3.29. The number of aromatic nitrogens is 1. The first-order valence-electron chi connectivity index (χ1n) is 8.85. The molecule has 0 unspecified atom stereocenters. The molecule has 0 saturated carbocycles. The van der Waals surface area contributed by atoms with E-state index in [2.05, 4.69) is 15.6 Å². The summed E-state index contributed by atoms with van der Waals surface area (Å²) in [5.74, 6) is -0.600. The number of amides is 2. The predicted molar refractivity (Wildman–Crippen MR) is 115 cm³/mol. The van der Waals surface area contributed by atoms with Crippen LogP contribution >= 0.6 is 33.9 Å². The van der Waals surface area contributed by atoms with Crippen molar-refractivity contribution in [2.24, 2.45) is 0 Å². The van der Waals surface area contributed by atoms with Gasteiger partial charge < -0.3 is 20.3 Å². The number of halogens is 2. The Hall–Kier alpha value is -2.47. The molecule has 0 aliphatic carbocycles. The van der Waals surface area contributed by atoms with E-state index < -0.39 is 11.9 Å². The maximum Gasteiger partial charge on any atom is 0.407 e. The van der Waals surface area contributed by atoms with E-state index in [1.165, 1.54) is 17.4 Å². The van der Waals surface area contributed by atoms with Gasteiger partial charge in [0.25, 0.3) is 5.91 Å². The van der Waals surface area contributed by atoms with Gasteiger partial charge in [0.15, 0.2) is 0 Å². The zero-order valence-electron chi connectivity index (χ0n) is 14.8. The standard InChI is InChI=1S/C19H14FIN4O3S/c20-11-6-9(21)3-4-12(11)23-17-15(10-2-1-5-22-16(10)29-17)18(26)25-7-13-14(8-25)28-19(27)24-13/h1-6,13-14,23H,7-8H2,(H,24,27)/t13-,14+/m0/s1. The number of thiophene rings is 1. The molecular formula is C19H14FIN4O3S. The van der Waals surface area contributed by atoms with Crippen LogP contribution in [-0.4, -0.2) is 47.1 Å². The lowest BCUT2D eigenvalue weighted by atomic mass is 10.1. The molecule has 1 aromatic carbocycles. The molecule has 148 valence electrons. The number of pyridine rings is 1. The fourth-order valence-electron chi connectivity index (χ4n) is 3.62. The Balaban J connectivity index is 1.51. The average molecular weight is 524 g/mol. The van der Waals surface area contributed by atoms with Gasteiger partial charge in [0, 0.05) is 21.7 Å². The van der Waals surface area contributed by atoms with Gasteiger partial charge in [-0.1, -0.05) is 11.3 Å². The van der Waals surface area contributed by atoms with Gasteiger partial charge in [-0.05, 0) is 52.9 Å². The first-order valence-corrected chi connectivity index (χ1v) is 10.7. The largest absolute Gasteiger partial charge is 0.442 e. The number of nitrogens with zero attached hydrogens (tertiary/aromatic N) is 2. The van der Waals surface area contributed by atoms with Gasteiger partial charge in [-0.3, -0.25) is 4.79 Å². The Kier molecular flexibility index (Phi) is 4.54. The normalized spacial score (nSPS) is 20.5. The Bertz CT molecular complexity index is 1140. The van der Waals surface area contributed by atoms with Crippen LogP contribution in [-0.2, 0) is 4.74 Å². The highest BCUT2D eigenvalue weighted by atomic mass is 127. The second-order valence-corrected chi connectivity index (χ2v) is 9.06. The van der Waals surface area contributed by atoms with E-state index in [0.29, 0.717) is 39.6 Å². The molecule has 7 nitrogen and oxygen atoms in total. The number of benzene rings is 1. The van der Waals surface area contributed by atoms with Crippen LogP contribution in [0.4, 0.5) is 19.9 Å². The topological polar surface area (TPSA) is 83.6 Å². The third-order valence-corrected chi connectivity index (χ3v) is 6.67. The number of carbonyl (C=O) groups excluding carboxylic acids is 2. The fourth-order valence-corrected chi connectivity index (χ4v) is 5.13. The molecule has 2 aromatic heterocycles. The van der Waals surface area contributed by atoms with Crippen LogP contribution in [0.2, 0.25) is 0 Å². The van der Waals surface area contributed by atoms with Crippen LogP contribution in [0.1, 0.15) is 10.4 Å². The molecule has 2 aliphatic rings. The van der Waals surface area contributed by atoms with Crippen molar-refractivity contribution in [3.63, 3.8) is 0 Å². The molecule has 0 radical (unpaired) electrons. The fraction of sp³-hybridized carbons (Fsp3) is 0.211. The molecule has 3 aromatic rings. The molecule has 0 spiro atoms. The SMILES string of the molecule is O=C1N[C@H]2CN(C(=O)c3c(Nc4ccc(I)cc4F)sc4ncccc34)C[C@H]2O1. The van der Waals surface area contributed by atoms with Crippen molar-refractivity contribution >= 4 is 66.8 Å². The number of anilines is 2. The summed E-state index contributed by atoms with van der Waals surface area (Å²) in [6.45, 7) is 0.682. The minimum atomic E-state index is -0.450. The van der Waals surface area contributed by atoms with Crippen molar-refractivity contribution in [1.82, 2.24) is 15.2 Å². The summed E-state index contributed by atoms with van der Waals surface area (Å²) < 4.78 is 20.4. The van der Waals surface area contributed by atoms with Crippen molar-refractivity contribution in [1.29, 1.82) is 0 Å². The van der Waals surface area contributed by atoms with E-state index in [0.717, 1.165) is 3.57 Å². The van der Waals surface area contributed by atoms with E-state index in [9.17, 15) is 14.0 Å². The highest BCUT2D eigenvalue weighted by molar-refractivity contribution is 14.1. The first-order chi connectivity index (χ1) is 14.0. The molecule has 2 atom stereocenters. The number of alkyl carbamates (subject to hydrolysis) is 1. The van der Waals surface area contributed by atoms with Crippen LogP contribution in [0.25, 0.3) is 10.2 Å². The van der Waals surface area contributed by atoms with Gasteiger partial charge in [-0.15, -0.1) is 0 Å². The number of hydrogen-bond acceptors (Lipinski definition) is 6. The molecule has 2 fully saturated rings. The summed E-state index contributed by atoms with van der Waals surface area (Å²) in [7, 11) is 0. The molecular weight excluding hydrogens is 510 g/mol. The van der Waals surface area contributed by atoms with Gasteiger partial charge >= 0.3 is 6.09 Å². The van der Waals surface area contributed by atoms with Gasteiger partial charge in [-0.25, -0.2) is 14.2 Å². The van der Waals surface area contributed by atoms with Gasteiger partial charge in [0.1, 0.15) is 21.8 Å². The minimum absolute atomic E-state index is 0.204. The quantitative estimate of drug-likeness (QED) is 0.511. The lowest BCUT2D eigenvalue weighted by molar-refractivity contribution is 0.0749. The second kappa shape index (κ2) is 7.10. The van der Waals surface area contributed by atoms with Crippen molar-refractivity contribution in [2.45, 2.75) is 12.1 Å². The summed E-state index contributed by atoms with van der Waals surface area (Å²) in [5.41, 5.74) is 0.738. The lowest BCUT2D eigenvalue weighted by Crippen LogP contribution is -2.35. The highest BCUT2D eigenvalue weighted by Gasteiger charge is 2.44. The van der Waals surface area contributed by atoms with Crippen LogP contribution in [0.3, 0.4) is 0 Å². The van der Waals surface area contributed by atoms with Crippen molar-refractivity contribution < 1.29 is 18.7 Å². The molecule has 2 saturated heterocycles. The minimum Gasteiger partial charge on any atom is -0.442 e. The first kappa shape index (κ1) is 18.6. The number of nitrogens with one attached hydrogen (secondary N) is 2. The zero-order chi connectivity index (χ0) is 20.1. The Labute approximate surface area is 182 Å². The van der Waals surface area contributed by atoms with Crippen LogP contribution in [0.15, 0.2) is 36.5 Å². The summed E-state index contributed by atoms with van der Waals surface area (Å²) in [6.07, 6.45) is 0.861. The van der Waals surface area contributed by atoms with Crippen molar-refractivity contribution in [3.8, 4) is 0 Å². The molecule has 4 heterocycles. The van der Waals surface area contributed by atoms with E-state index >= 15 is 0 Å². The number of likely N-dealkylation sites (tertiary alicyclic amines) is 1. The van der Waals surface area contributed by atoms with E-state index in [1.54, 1.807) is 29.3 Å². The molecule has 2 aliphatic heterocycles. The van der Waals surface area contributed by atoms with Crippen LogP contribution in [0, 0.1) is 9.39 Å². The third-order valence-electron chi connectivity index (χ3n) is 4.97. The Morgan fingerprint density at radius 1 is 1.38 bits per heavy atom. The highest BCUT2D eigenvalue weighted by Crippen LogP contribution is 2.38. The van der Waals surface area contributed by atoms with Gasteiger partial charge in [-0.2, -0.15) is 0 Å². The van der Waals surface area contributed by atoms with Crippen LogP contribution < -0.4 is 10.6 Å². The summed E-state index contributed by atoms with van der Waals surface area (Å²) in [6, 6.07) is 8.25. The monoisotopic (exact) mass is 524 g/mol. The maximum atomic E-state index is 14.4. The number of hydrogen-bond donors (Lipinski definition) is 2. The summed E-state index contributed by atoms with van der Waals surface area (Å²) >= 11 is 3.35. The van der Waals surface area contributed by atoms with Gasteiger partial charge in [0.2, 0.25) is 0 Å².